The Kier molecular flexibility index (Phi) is 2.90. The van der Waals surface area contributed by atoms with Crippen molar-refractivity contribution in [3.8, 4) is 0 Å². The Labute approximate surface area is 127 Å². The average Bonchev–Trinajstić information content (AvgIpc) is 2.56. The molecule has 3 aromatic carbocycles. The molecule has 1 aliphatic heterocycles. The van der Waals surface area contributed by atoms with E-state index in [1.807, 2.05) is 0 Å². The van der Waals surface area contributed by atoms with Gasteiger partial charge in [-0.1, -0.05) is 71.9 Å². The number of hydrogen-bond acceptors (Lipinski definition) is 1. The summed E-state index contributed by atoms with van der Waals surface area (Å²) in [6.07, 6.45) is 0. The third-order valence-electron chi connectivity index (χ3n) is 4.13. The van der Waals surface area contributed by atoms with Crippen molar-refractivity contribution in [3.05, 3.63) is 78.9 Å². The van der Waals surface area contributed by atoms with Gasteiger partial charge in [-0.2, -0.15) is 0 Å². The molecule has 3 aromatic rings. The molecule has 0 fully saturated rings. The zero-order chi connectivity index (χ0) is 14.2. The summed E-state index contributed by atoms with van der Waals surface area (Å²) in [4.78, 5) is 2.32. The highest BCUT2D eigenvalue weighted by molar-refractivity contribution is 6.97. The topological polar surface area (TPSA) is 3.24 Å². The molecule has 1 radical (unpaired) electrons. The Bertz CT molecular complexity index is 735. The number of para-hydroxylation sites is 2. The SMILES string of the molecule is CN1c2ccccc2[Si](c2ccccc2)c2ccccc21. The van der Waals surface area contributed by atoms with Gasteiger partial charge < -0.3 is 4.90 Å². The molecule has 0 N–H and O–H groups in total. The molecule has 0 spiro atoms. The summed E-state index contributed by atoms with van der Waals surface area (Å²) in [5.74, 6) is 0. The van der Waals surface area contributed by atoms with Crippen molar-refractivity contribution in [1.29, 1.82) is 0 Å². The van der Waals surface area contributed by atoms with E-state index in [1.54, 1.807) is 0 Å². The minimum absolute atomic E-state index is 0.913. The lowest BCUT2D eigenvalue weighted by molar-refractivity contribution is 1.22. The van der Waals surface area contributed by atoms with Gasteiger partial charge in [0.1, 0.15) is 0 Å². The van der Waals surface area contributed by atoms with E-state index < -0.39 is 8.80 Å². The smallest absolute Gasteiger partial charge is 0.160 e. The third kappa shape index (κ3) is 1.91. The molecule has 0 amide bonds. The minimum atomic E-state index is -0.913. The zero-order valence-electron chi connectivity index (χ0n) is 12.0. The van der Waals surface area contributed by atoms with E-state index in [1.165, 1.54) is 26.9 Å². The van der Waals surface area contributed by atoms with E-state index in [4.69, 9.17) is 0 Å². The lowest BCUT2D eigenvalue weighted by Crippen LogP contribution is -2.57. The fourth-order valence-electron chi connectivity index (χ4n) is 3.15. The van der Waals surface area contributed by atoms with Crippen LogP contribution in [0.5, 0.6) is 0 Å². The highest BCUT2D eigenvalue weighted by atomic mass is 28.3. The van der Waals surface area contributed by atoms with Crippen LogP contribution in [0.2, 0.25) is 0 Å². The van der Waals surface area contributed by atoms with Crippen LogP contribution in [-0.4, -0.2) is 15.8 Å². The number of benzene rings is 3. The maximum Gasteiger partial charge on any atom is 0.160 e. The van der Waals surface area contributed by atoms with Crippen molar-refractivity contribution in [2.45, 2.75) is 0 Å². The summed E-state index contributed by atoms with van der Waals surface area (Å²) in [6.45, 7) is 0. The van der Waals surface area contributed by atoms with Crippen molar-refractivity contribution < 1.29 is 0 Å². The van der Waals surface area contributed by atoms with Crippen LogP contribution in [-0.2, 0) is 0 Å². The molecular weight excluding hydrogens is 270 g/mol. The summed E-state index contributed by atoms with van der Waals surface area (Å²) in [6, 6.07) is 28.6. The van der Waals surface area contributed by atoms with E-state index in [9.17, 15) is 0 Å². The fraction of sp³-hybridized carbons (Fsp3) is 0.0526. The van der Waals surface area contributed by atoms with Gasteiger partial charge in [0, 0.05) is 18.4 Å². The molecule has 21 heavy (non-hydrogen) atoms. The standard InChI is InChI=1S/C19H16NSi/c1-20-16-11-5-7-13-18(16)21(15-9-3-2-4-10-15)19-14-8-6-12-17(19)20/h2-14H,1H3. The van der Waals surface area contributed by atoms with Crippen LogP contribution in [0, 0.1) is 0 Å². The summed E-state index contributed by atoms with van der Waals surface area (Å²) < 4.78 is 0. The Balaban J connectivity index is 2.01. The maximum absolute atomic E-state index is 2.32. The molecule has 0 atom stereocenters. The fourth-order valence-corrected chi connectivity index (χ4v) is 6.12. The molecule has 101 valence electrons. The first-order valence-electron chi connectivity index (χ1n) is 7.21. The first-order chi connectivity index (χ1) is 10.4. The lowest BCUT2D eigenvalue weighted by atomic mass is 10.2. The van der Waals surface area contributed by atoms with Crippen LogP contribution in [0.1, 0.15) is 0 Å². The summed E-state index contributed by atoms with van der Waals surface area (Å²) >= 11 is 0. The molecule has 0 unspecified atom stereocenters. The second-order valence-electron chi connectivity index (χ2n) is 5.33. The van der Waals surface area contributed by atoms with Gasteiger partial charge in [0.15, 0.2) is 8.80 Å². The second kappa shape index (κ2) is 4.90. The molecule has 0 aromatic heterocycles. The second-order valence-corrected chi connectivity index (χ2v) is 7.74. The molecule has 1 aliphatic rings. The molecule has 2 heteroatoms. The van der Waals surface area contributed by atoms with Gasteiger partial charge in [-0.3, -0.25) is 0 Å². The van der Waals surface area contributed by atoms with Crippen LogP contribution < -0.4 is 20.5 Å². The number of anilines is 2. The maximum atomic E-state index is 2.32. The van der Waals surface area contributed by atoms with Crippen LogP contribution in [0.3, 0.4) is 0 Å². The predicted molar refractivity (Wildman–Crippen MR) is 92.0 cm³/mol. The van der Waals surface area contributed by atoms with E-state index in [0.717, 1.165) is 0 Å². The highest BCUT2D eigenvalue weighted by Gasteiger charge is 2.30. The first kappa shape index (κ1) is 12.4. The third-order valence-corrected chi connectivity index (χ3v) is 6.97. The van der Waals surface area contributed by atoms with Crippen molar-refractivity contribution in [1.82, 2.24) is 0 Å². The molecule has 0 aliphatic carbocycles. The largest absolute Gasteiger partial charge is 0.345 e. The summed E-state index contributed by atoms with van der Waals surface area (Å²) in [5.41, 5.74) is 2.68. The first-order valence-corrected chi connectivity index (χ1v) is 8.71. The Morgan fingerprint density at radius 1 is 0.619 bits per heavy atom. The predicted octanol–water partition coefficient (Wildman–Crippen LogP) is 2.28. The molecule has 0 saturated heterocycles. The van der Waals surface area contributed by atoms with Crippen LogP contribution in [0.4, 0.5) is 11.4 Å². The quantitative estimate of drug-likeness (QED) is 0.620. The van der Waals surface area contributed by atoms with Gasteiger partial charge in [0.05, 0.1) is 0 Å². The van der Waals surface area contributed by atoms with Crippen LogP contribution >= 0.6 is 0 Å². The van der Waals surface area contributed by atoms with E-state index in [2.05, 4.69) is 90.8 Å². The molecular formula is C19H16NSi. The lowest BCUT2D eigenvalue weighted by Gasteiger charge is -2.34. The molecule has 0 saturated carbocycles. The van der Waals surface area contributed by atoms with E-state index >= 15 is 0 Å². The Morgan fingerprint density at radius 3 is 1.67 bits per heavy atom. The average molecular weight is 286 g/mol. The van der Waals surface area contributed by atoms with Gasteiger partial charge in [-0.15, -0.1) is 0 Å². The molecule has 1 nitrogen and oxygen atoms in total. The Morgan fingerprint density at radius 2 is 1.10 bits per heavy atom. The zero-order valence-corrected chi connectivity index (χ0v) is 13.0. The minimum Gasteiger partial charge on any atom is -0.345 e. The van der Waals surface area contributed by atoms with Gasteiger partial charge in [-0.25, -0.2) is 0 Å². The molecule has 4 rings (SSSR count). The highest BCUT2D eigenvalue weighted by Crippen LogP contribution is 2.25. The molecule has 1 heterocycles. The Hall–Kier alpha value is -2.32. The number of hydrogen-bond donors (Lipinski definition) is 0. The van der Waals surface area contributed by atoms with Gasteiger partial charge in [0.2, 0.25) is 0 Å². The van der Waals surface area contributed by atoms with Crippen LogP contribution in [0.15, 0.2) is 78.9 Å². The van der Waals surface area contributed by atoms with Crippen LogP contribution in [0.25, 0.3) is 0 Å². The van der Waals surface area contributed by atoms with Gasteiger partial charge in [0.25, 0.3) is 0 Å². The normalized spacial score (nSPS) is 13.7. The van der Waals surface area contributed by atoms with E-state index in [-0.39, 0.29) is 0 Å². The van der Waals surface area contributed by atoms with Crippen molar-refractivity contribution in [3.63, 3.8) is 0 Å². The van der Waals surface area contributed by atoms with Gasteiger partial charge >= 0.3 is 0 Å². The van der Waals surface area contributed by atoms with Gasteiger partial charge in [-0.05, 0) is 22.5 Å². The number of rotatable bonds is 1. The van der Waals surface area contributed by atoms with Crippen molar-refractivity contribution in [2.24, 2.45) is 0 Å². The van der Waals surface area contributed by atoms with Crippen molar-refractivity contribution in [2.75, 3.05) is 11.9 Å². The van der Waals surface area contributed by atoms with E-state index in [0.29, 0.717) is 0 Å². The molecule has 0 bridgehead atoms. The summed E-state index contributed by atoms with van der Waals surface area (Å²) in [5, 5.41) is 4.42. The monoisotopic (exact) mass is 286 g/mol. The van der Waals surface area contributed by atoms with Crippen molar-refractivity contribution >= 4 is 35.7 Å². The summed E-state index contributed by atoms with van der Waals surface area (Å²) in [7, 11) is 1.25. The number of nitrogens with zero attached hydrogens (tertiary/aromatic N) is 1. The number of fused-ring (bicyclic) bond motifs is 2.